The largest absolute Gasteiger partial charge is 0.493 e. The van der Waals surface area contributed by atoms with Gasteiger partial charge < -0.3 is 9.47 Å². The number of ether oxygens (including phenoxy) is 2. The predicted molar refractivity (Wildman–Crippen MR) is 78.8 cm³/mol. The van der Waals surface area contributed by atoms with Crippen molar-refractivity contribution in [3.8, 4) is 11.5 Å². The molecule has 0 fully saturated rings. The third-order valence-corrected chi connectivity index (χ3v) is 3.44. The first-order chi connectivity index (χ1) is 9.17. The molecule has 0 heterocycles. The molecule has 4 nitrogen and oxygen atoms in total. The third-order valence-electron chi connectivity index (χ3n) is 3.16. The quantitative estimate of drug-likeness (QED) is 0.437. The van der Waals surface area contributed by atoms with E-state index in [-0.39, 0.29) is 6.04 Å². The number of hydrazine groups is 1. The molecule has 0 saturated heterocycles. The zero-order valence-electron chi connectivity index (χ0n) is 11.8. The molecular formula is C14H23ClN2O2. The minimum Gasteiger partial charge on any atom is -0.493 e. The van der Waals surface area contributed by atoms with Gasteiger partial charge in [-0.1, -0.05) is 37.8 Å². The Kier molecular flexibility index (Phi) is 6.99. The van der Waals surface area contributed by atoms with Crippen molar-refractivity contribution in [1.82, 2.24) is 5.43 Å². The molecule has 0 spiro atoms. The summed E-state index contributed by atoms with van der Waals surface area (Å²) < 4.78 is 10.5. The van der Waals surface area contributed by atoms with E-state index in [0.717, 1.165) is 18.4 Å². The van der Waals surface area contributed by atoms with E-state index in [2.05, 4.69) is 12.3 Å². The van der Waals surface area contributed by atoms with Crippen molar-refractivity contribution in [1.29, 1.82) is 0 Å². The van der Waals surface area contributed by atoms with Crippen LogP contribution >= 0.6 is 11.6 Å². The van der Waals surface area contributed by atoms with E-state index in [1.54, 1.807) is 14.2 Å². The highest BCUT2D eigenvalue weighted by Crippen LogP contribution is 2.38. The average Bonchev–Trinajstić information content (AvgIpc) is 2.42. The van der Waals surface area contributed by atoms with Gasteiger partial charge in [-0.3, -0.25) is 11.3 Å². The number of hydrogen-bond acceptors (Lipinski definition) is 4. The number of hydrogen-bond donors (Lipinski definition) is 2. The molecule has 108 valence electrons. The lowest BCUT2D eigenvalue weighted by molar-refractivity contribution is 0.353. The monoisotopic (exact) mass is 286 g/mol. The van der Waals surface area contributed by atoms with Gasteiger partial charge in [-0.2, -0.15) is 0 Å². The molecule has 19 heavy (non-hydrogen) atoms. The Morgan fingerprint density at radius 3 is 2.53 bits per heavy atom. The SMILES string of the molecule is CCCCCC(NN)c1cc(Cl)c(OC)c(OC)c1. The maximum Gasteiger partial charge on any atom is 0.179 e. The molecule has 1 rings (SSSR count). The molecule has 0 radical (unpaired) electrons. The first kappa shape index (κ1) is 16.1. The zero-order valence-corrected chi connectivity index (χ0v) is 12.6. The lowest BCUT2D eigenvalue weighted by Crippen LogP contribution is -2.28. The molecule has 5 heteroatoms. The number of nitrogens with one attached hydrogen (secondary N) is 1. The van der Waals surface area contributed by atoms with Gasteiger partial charge in [-0.25, -0.2) is 0 Å². The molecule has 1 aromatic carbocycles. The Morgan fingerprint density at radius 2 is 2.00 bits per heavy atom. The Morgan fingerprint density at radius 1 is 1.26 bits per heavy atom. The first-order valence-electron chi connectivity index (χ1n) is 6.55. The van der Waals surface area contributed by atoms with Crippen molar-refractivity contribution in [2.24, 2.45) is 5.84 Å². The van der Waals surface area contributed by atoms with Crippen LogP contribution in [0.2, 0.25) is 5.02 Å². The highest BCUT2D eigenvalue weighted by molar-refractivity contribution is 6.32. The van der Waals surface area contributed by atoms with Gasteiger partial charge in [-0.05, 0) is 24.1 Å². The normalized spacial score (nSPS) is 12.3. The highest BCUT2D eigenvalue weighted by atomic mass is 35.5. The van der Waals surface area contributed by atoms with E-state index >= 15 is 0 Å². The smallest absolute Gasteiger partial charge is 0.179 e. The van der Waals surface area contributed by atoms with Crippen molar-refractivity contribution in [2.45, 2.75) is 38.6 Å². The molecule has 0 bridgehead atoms. The van der Waals surface area contributed by atoms with Crippen LogP contribution in [0.5, 0.6) is 11.5 Å². The number of nitrogens with two attached hydrogens (primary N) is 1. The van der Waals surface area contributed by atoms with Crippen LogP contribution < -0.4 is 20.7 Å². The summed E-state index contributed by atoms with van der Waals surface area (Å²) in [5.41, 5.74) is 3.85. The molecule has 0 aromatic heterocycles. The van der Waals surface area contributed by atoms with Crippen molar-refractivity contribution >= 4 is 11.6 Å². The summed E-state index contributed by atoms with van der Waals surface area (Å²) in [4.78, 5) is 0. The Hall–Kier alpha value is -0.970. The molecule has 0 amide bonds. The Bertz CT molecular complexity index is 399. The van der Waals surface area contributed by atoms with Crippen LogP contribution in [-0.4, -0.2) is 14.2 Å². The van der Waals surface area contributed by atoms with Crippen LogP contribution in [-0.2, 0) is 0 Å². The highest BCUT2D eigenvalue weighted by Gasteiger charge is 2.16. The summed E-state index contributed by atoms with van der Waals surface area (Å²) in [6.45, 7) is 2.18. The van der Waals surface area contributed by atoms with Gasteiger partial charge in [-0.15, -0.1) is 0 Å². The van der Waals surface area contributed by atoms with Crippen LogP contribution in [0, 0.1) is 0 Å². The lowest BCUT2D eigenvalue weighted by atomic mass is 10.0. The van der Waals surface area contributed by atoms with Gasteiger partial charge in [0, 0.05) is 6.04 Å². The van der Waals surface area contributed by atoms with Crippen LogP contribution in [0.3, 0.4) is 0 Å². The van der Waals surface area contributed by atoms with Gasteiger partial charge in [0.25, 0.3) is 0 Å². The van der Waals surface area contributed by atoms with E-state index in [9.17, 15) is 0 Å². The summed E-state index contributed by atoms with van der Waals surface area (Å²) in [6.07, 6.45) is 4.47. The standard InChI is InChI=1S/C14H23ClN2O2/c1-4-5-6-7-12(17-16)10-8-11(15)14(19-3)13(9-10)18-2/h8-9,12,17H,4-7,16H2,1-3H3. The number of halogens is 1. The number of methoxy groups -OCH3 is 2. The fourth-order valence-electron chi connectivity index (χ4n) is 2.08. The molecular weight excluding hydrogens is 264 g/mol. The third kappa shape index (κ3) is 4.27. The minimum atomic E-state index is 0.0730. The van der Waals surface area contributed by atoms with Gasteiger partial charge in [0.05, 0.1) is 19.2 Å². The van der Waals surface area contributed by atoms with Crippen molar-refractivity contribution in [3.05, 3.63) is 22.7 Å². The Labute approximate surface area is 120 Å². The summed E-state index contributed by atoms with van der Waals surface area (Å²) in [6, 6.07) is 3.87. The summed E-state index contributed by atoms with van der Waals surface area (Å²) >= 11 is 6.20. The van der Waals surface area contributed by atoms with E-state index in [1.165, 1.54) is 12.8 Å². The van der Waals surface area contributed by atoms with Crippen molar-refractivity contribution in [3.63, 3.8) is 0 Å². The second-order valence-corrected chi connectivity index (χ2v) is 4.86. The van der Waals surface area contributed by atoms with Gasteiger partial charge in [0.1, 0.15) is 0 Å². The molecule has 1 unspecified atom stereocenters. The lowest BCUT2D eigenvalue weighted by Gasteiger charge is -2.19. The second kappa shape index (κ2) is 8.25. The number of rotatable bonds is 8. The van der Waals surface area contributed by atoms with Crippen molar-refractivity contribution < 1.29 is 9.47 Å². The topological polar surface area (TPSA) is 56.5 Å². The molecule has 1 atom stereocenters. The second-order valence-electron chi connectivity index (χ2n) is 4.45. The zero-order chi connectivity index (χ0) is 14.3. The summed E-state index contributed by atoms with van der Waals surface area (Å²) in [7, 11) is 3.17. The minimum absolute atomic E-state index is 0.0730. The summed E-state index contributed by atoms with van der Waals surface area (Å²) in [5.74, 6) is 6.81. The van der Waals surface area contributed by atoms with Crippen LogP contribution in [0.1, 0.15) is 44.2 Å². The molecule has 0 aliphatic heterocycles. The molecule has 0 aliphatic carbocycles. The van der Waals surface area contributed by atoms with Crippen LogP contribution in [0.4, 0.5) is 0 Å². The summed E-state index contributed by atoms with van der Waals surface area (Å²) in [5, 5.41) is 0.535. The van der Waals surface area contributed by atoms with Crippen LogP contribution in [0.25, 0.3) is 0 Å². The number of benzene rings is 1. The van der Waals surface area contributed by atoms with Crippen LogP contribution in [0.15, 0.2) is 12.1 Å². The maximum absolute atomic E-state index is 6.20. The van der Waals surface area contributed by atoms with E-state index in [0.29, 0.717) is 16.5 Å². The molecule has 0 saturated carbocycles. The average molecular weight is 287 g/mol. The van der Waals surface area contributed by atoms with E-state index < -0.39 is 0 Å². The van der Waals surface area contributed by atoms with E-state index in [4.69, 9.17) is 26.9 Å². The number of unbranched alkanes of at least 4 members (excludes halogenated alkanes) is 2. The molecule has 1 aromatic rings. The fraction of sp³-hybridized carbons (Fsp3) is 0.571. The van der Waals surface area contributed by atoms with Gasteiger partial charge >= 0.3 is 0 Å². The van der Waals surface area contributed by atoms with Crippen molar-refractivity contribution in [2.75, 3.05) is 14.2 Å². The molecule has 3 N–H and O–H groups in total. The maximum atomic E-state index is 6.20. The van der Waals surface area contributed by atoms with Gasteiger partial charge in [0.2, 0.25) is 0 Å². The van der Waals surface area contributed by atoms with Gasteiger partial charge in [0.15, 0.2) is 11.5 Å². The van der Waals surface area contributed by atoms with E-state index in [1.807, 2.05) is 12.1 Å². The Balaban J connectivity index is 2.94. The molecule has 0 aliphatic rings. The fourth-order valence-corrected chi connectivity index (χ4v) is 2.38. The predicted octanol–water partition coefficient (Wildman–Crippen LogP) is 3.44. The first-order valence-corrected chi connectivity index (χ1v) is 6.93.